The Labute approximate surface area is 257 Å². The van der Waals surface area contributed by atoms with Gasteiger partial charge in [-0.05, 0) is 86.1 Å². The summed E-state index contributed by atoms with van der Waals surface area (Å²) >= 11 is 0. The molecular weight excluding hydrogens is 545 g/mol. The normalized spacial score (nSPS) is 27.6. The molecule has 0 aromatic rings. The summed E-state index contributed by atoms with van der Waals surface area (Å²) in [7, 11) is -4.15. The lowest BCUT2D eigenvalue weighted by molar-refractivity contribution is -0.00471. The fourth-order valence-corrected chi connectivity index (χ4v) is 17.2. The van der Waals surface area contributed by atoms with Crippen molar-refractivity contribution in [1.29, 1.82) is 0 Å². The highest BCUT2D eigenvalue weighted by molar-refractivity contribution is 6.88. The maximum Gasteiger partial charge on any atom is 0.0881 e. The molecule has 0 heterocycles. The lowest BCUT2D eigenvalue weighted by Gasteiger charge is -2.40. The van der Waals surface area contributed by atoms with Gasteiger partial charge in [-0.3, -0.25) is 0 Å². The zero-order valence-corrected chi connectivity index (χ0v) is 31.4. The number of fused-ring (bicyclic) bond motifs is 2. The highest BCUT2D eigenvalue weighted by Crippen LogP contribution is 2.59. The van der Waals surface area contributed by atoms with Crippen molar-refractivity contribution < 1.29 is 4.74 Å². The second-order valence-corrected chi connectivity index (χ2v) is 32.9. The van der Waals surface area contributed by atoms with E-state index in [4.69, 9.17) is 4.74 Å². The first-order chi connectivity index (χ1) is 19.1. The van der Waals surface area contributed by atoms with E-state index in [1.165, 1.54) is 50.2 Å². The van der Waals surface area contributed by atoms with Crippen molar-refractivity contribution in [3.05, 3.63) is 70.5 Å². The molecular formula is C37H62OSi3. The van der Waals surface area contributed by atoms with Crippen LogP contribution in [0, 0.1) is 17.8 Å². The van der Waals surface area contributed by atoms with Crippen LogP contribution in [0.3, 0.4) is 0 Å². The Balaban J connectivity index is 1.62. The van der Waals surface area contributed by atoms with Crippen molar-refractivity contribution >= 4 is 24.2 Å². The van der Waals surface area contributed by atoms with Gasteiger partial charge in [0, 0.05) is 22.8 Å². The van der Waals surface area contributed by atoms with E-state index in [1.54, 1.807) is 16.7 Å². The molecule has 4 aliphatic carbocycles. The summed E-state index contributed by atoms with van der Waals surface area (Å²) in [6.45, 7) is 25.7. The minimum Gasteiger partial charge on any atom is -0.376 e. The number of hydrogen-bond acceptors (Lipinski definition) is 1. The molecule has 4 aliphatic rings. The lowest BCUT2D eigenvalue weighted by Crippen LogP contribution is -2.41. The van der Waals surface area contributed by atoms with Crippen molar-refractivity contribution in [3.63, 3.8) is 0 Å². The zero-order valence-electron chi connectivity index (χ0n) is 28.4. The Morgan fingerprint density at radius 3 is 2.20 bits per heavy atom. The molecule has 0 spiro atoms. The standard InChI is InChI=1S/C37H62OSi3/c1-37(2,3)38-23-17-11-12-18-24-41(10,35-25-29(27-39(4,5)6)31-19-13-15-21-33(31)35)36-26-30(28-40(7,8)9)32-20-14-16-22-34(32)36/h13-15,19-22,26,29,31,33,35H,11-12,16-18,23-25,27-28H2,1-10H3. The van der Waals surface area contributed by atoms with Crippen molar-refractivity contribution in [1.82, 2.24) is 0 Å². The molecule has 0 aromatic carbocycles. The van der Waals surface area contributed by atoms with Crippen LogP contribution in [0.1, 0.15) is 59.3 Å². The Bertz CT molecular complexity index is 1110. The lowest BCUT2D eigenvalue weighted by atomic mass is 9.87. The minimum atomic E-state index is -1.80. The third-order valence-electron chi connectivity index (χ3n) is 9.93. The maximum atomic E-state index is 6.03. The van der Waals surface area contributed by atoms with Crippen LogP contribution >= 0.6 is 0 Å². The first kappa shape index (κ1) is 33.0. The molecule has 5 unspecified atom stereocenters. The van der Waals surface area contributed by atoms with Crippen LogP contribution in [0.15, 0.2) is 70.5 Å². The molecule has 1 saturated carbocycles. The second-order valence-electron chi connectivity index (χ2n) is 17.3. The number of rotatable bonds is 13. The van der Waals surface area contributed by atoms with E-state index in [-0.39, 0.29) is 5.60 Å². The van der Waals surface area contributed by atoms with E-state index in [1.807, 2.05) is 5.20 Å². The van der Waals surface area contributed by atoms with E-state index < -0.39 is 24.2 Å². The number of unbranched alkanes of at least 4 members (excludes halogenated alkanes) is 3. The molecule has 0 bridgehead atoms. The summed E-state index contributed by atoms with van der Waals surface area (Å²) in [5.41, 5.74) is 5.76. The average molecular weight is 607 g/mol. The van der Waals surface area contributed by atoms with Crippen LogP contribution in [-0.4, -0.2) is 36.4 Å². The average Bonchev–Trinajstić information content (AvgIpc) is 3.40. The monoisotopic (exact) mass is 606 g/mol. The van der Waals surface area contributed by atoms with Gasteiger partial charge >= 0.3 is 0 Å². The maximum absolute atomic E-state index is 6.03. The van der Waals surface area contributed by atoms with E-state index in [9.17, 15) is 0 Å². The third kappa shape index (κ3) is 8.58. The quantitative estimate of drug-likeness (QED) is 0.150. The van der Waals surface area contributed by atoms with Gasteiger partial charge in [0.2, 0.25) is 0 Å². The van der Waals surface area contributed by atoms with Crippen LogP contribution in [0.4, 0.5) is 0 Å². The summed E-state index contributed by atoms with van der Waals surface area (Å²) in [4.78, 5) is 0. The molecule has 0 amide bonds. The van der Waals surface area contributed by atoms with Crippen molar-refractivity contribution in [2.75, 3.05) is 6.61 Å². The van der Waals surface area contributed by atoms with Crippen molar-refractivity contribution in [3.8, 4) is 0 Å². The van der Waals surface area contributed by atoms with Crippen molar-refractivity contribution in [2.45, 2.75) is 134 Å². The fraction of sp³-hybridized carbons (Fsp3) is 0.676. The number of ether oxygens (including phenoxy) is 1. The predicted molar refractivity (Wildman–Crippen MR) is 191 cm³/mol. The molecule has 5 atom stereocenters. The summed E-state index contributed by atoms with van der Waals surface area (Å²) in [5, 5.41) is 1.83. The predicted octanol–water partition coefficient (Wildman–Crippen LogP) is 11.5. The van der Waals surface area contributed by atoms with Crippen LogP contribution < -0.4 is 0 Å². The zero-order chi connectivity index (χ0) is 30.1. The first-order valence-corrected chi connectivity index (χ1v) is 27.1. The van der Waals surface area contributed by atoms with Gasteiger partial charge in [0.25, 0.3) is 0 Å². The van der Waals surface area contributed by atoms with Gasteiger partial charge < -0.3 is 4.74 Å². The summed E-state index contributed by atoms with van der Waals surface area (Å²) in [6.07, 6.45) is 28.1. The van der Waals surface area contributed by atoms with Gasteiger partial charge in [-0.2, -0.15) is 0 Å². The molecule has 0 radical (unpaired) electrons. The van der Waals surface area contributed by atoms with E-state index in [2.05, 4.69) is 115 Å². The molecule has 0 aromatic heterocycles. The fourth-order valence-electron chi connectivity index (χ4n) is 8.32. The topological polar surface area (TPSA) is 9.23 Å². The van der Waals surface area contributed by atoms with Gasteiger partial charge in [-0.25, -0.2) is 0 Å². The highest BCUT2D eigenvalue weighted by Gasteiger charge is 2.53. The molecule has 1 nitrogen and oxygen atoms in total. The van der Waals surface area contributed by atoms with Crippen LogP contribution in [-0.2, 0) is 4.74 Å². The first-order valence-electron chi connectivity index (χ1n) is 16.9. The molecule has 1 fully saturated rings. The molecule has 0 N–H and O–H groups in total. The number of hydrogen-bond donors (Lipinski definition) is 0. The van der Waals surface area contributed by atoms with E-state index in [0.29, 0.717) is 0 Å². The van der Waals surface area contributed by atoms with E-state index >= 15 is 0 Å². The summed E-state index contributed by atoms with van der Waals surface area (Å²) in [5.74, 6) is 2.37. The van der Waals surface area contributed by atoms with Gasteiger partial charge in [-0.1, -0.05) is 131 Å². The van der Waals surface area contributed by atoms with Crippen LogP contribution in [0.5, 0.6) is 0 Å². The minimum absolute atomic E-state index is 0.0195. The highest BCUT2D eigenvalue weighted by atomic mass is 28.3. The second kappa shape index (κ2) is 13.0. The molecule has 4 heteroatoms. The molecule has 4 rings (SSSR count). The molecule has 41 heavy (non-hydrogen) atoms. The largest absolute Gasteiger partial charge is 0.376 e. The Hall–Kier alpha value is -0.949. The van der Waals surface area contributed by atoms with Crippen molar-refractivity contribution in [2.24, 2.45) is 17.8 Å². The summed E-state index contributed by atoms with van der Waals surface area (Å²) < 4.78 is 6.03. The van der Waals surface area contributed by atoms with Crippen LogP contribution in [0.25, 0.3) is 0 Å². The van der Waals surface area contributed by atoms with Gasteiger partial charge in [0.1, 0.15) is 0 Å². The number of allylic oxidation sites excluding steroid dienone is 12. The third-order valence-corrected chi connectivity index (χ3v) is 18.4. The molecule has 0 saturated heterocycles. The van der Waals surface area contributed by atoms with Gasteiger partial charge in [-0.15, -0.1) is 0 Å². The molecule has 228 valence electrons. The van der Waals surface area contributed by atoms with Gasteiger partial charge in [0.05, 0.1) is 13.7 Å². The Morgan fingerprint density at radius 1 is 0.854 bits per heavy atom. The van der Waals surface area contributed by atoms with Crippen LogP contribution in [0.2, 0.25) is 69.5 Å². The SMILES string of the molecule is CC(C)(C)OCCCCCC[Si](C)(C1=CC(C[Si](C)(C)C)=C2C=CCC=C12)C1CC(C[Si](C)(C)C)C2C=CC=CC21. The smallest absolute Gasteiger partial charge is 0.0881 e. The Morgan fingerprint density at radius 2 is 1.54 bits per heavy atom. The molecule has 0 aliphatic heterocycles. The van der Waals surface area contributed by atoms with Gasteiger partial charge in [0.15, 0.2) is 0 Å². The summed E-state index contributed by atoms with van der Waals surface area (Å²) in [6, 6.07) is 4.23. The Kier molecular flexibility index (Phi) is 10.4. The van der Waals surface area contributed by atoms with E-state index in [0.717, 1.165) is 36.3 Å².